The van der Waals surface area contributed by atoms with E-state index in [1.54, 1.807) is 44.3 Å². The minimum absolute atomic E-state index is 0.225. The lowest BCUT2D eigenvalue weighted by molar-refractivity contribution is -0.0794. The summed E-state index contributed by atoms with van der Waals surface area (Å²) in [5.41, 5.74) is 7.50. The molecule has 336 valence electrons. The van der Waals surface area contributed by atoms with E-state index in [9.17, 15) is 9.59 Å². The van der Waals surface area contributed by atoms with Gasteiger partial charge in [0.05, 0.1) is 28.4 Å². The Kier molecular flexibility index (Phi) is 19.0. The van der Waals surface area contributed by atoms with Gasteiger partial charge < -0.3 is 47.4 Å². The highest BCUT2D eigenvalue weighted by Gasteiger charge is 2.19. The van der Waals surface area contributed by atoms with Crippen LogP contribution in [0.2, 0.25) is 0 Å². The fourth-order valence-electron chi connectivity index (χ4n) is 6.14. The summed E-state index contributed by atoms with van der Waals surface area (Å²) in [6.45, 7) is 0.344. The number of nitrogens with zero attached hydrogens (tertiary/aromatic N) is 3. The number of carbonyl (C=O) groups excluding carboxylic acids is 2. The molecule has 16 nitrogen and oxygen atoms in total. The molecule has 5 rings (SSSR count). The first-order chi connectivity index (χ1) is 30.6. The van der Waals surface area contributed by atoms with E-state index in [0.29, 0.717) is 41.0 Å². The van der Waals surface area contributed by atoms with Crippen molar-refractivity contribution in [2.24, 2.45) is 0 Å². The van der Waals surface area contributed by atoms with Crippen LogP contribution in [0.4, 0.5) is 9.59 Å². The second kappa shape index (κ2) is 25.3. The van der Waals surface area contributed by atoms with Crippen molar-refractivity contribution in [3.63, 3.8) is 0 Å². The highest BCUT2D eigenvalue weighted by molar-refractivity contribution is 5.68. The maximum Gasteiger partial charge on any atom is 0.412 e. The average Bonchev–Trinajstić information content (AvgIpc) is 3.30. The molecule has 5 aromatic rings. The number of amides is 2. The summed E-state index contributed by atoms with van der Waals surface area (Å²) >= 11 is 0. The number of nitrogens with one attached hydrogen (secondary N) is 1. The van der Waals surface area contributed by atoms with Gasteiger partial charge >= 0.3 is 12.2 Å². The molecule has 2 amide bonds. The fourth-order valence-corrected chi connectivity index (χ4v) is 6.14. The van der Waals surface area contributed by atoms with Crippen LogP contribution >= 0.6 is 0 Å². The van der Waals surface area contributed by atoms with Crippen LogP contribution in [-0.4, -0.2) is 96.7 Å². The lowest BCUT2D eigenvalue weighted by atomic mass is 10.1. The van der Waals surface area contributed by atoms with E-state index in [4.69, 9.17) is 47.4 Å². The van der Waals surface area contributed by atoms with E-state index in [-0.39, 0.29) is 53.4 Å². The summed E-state index contributed by atoms with van der Waals surface area (Å²) < 4.78 is 55.4. The number of benzene rings is 5. The third kappa shape index (κ3) is 16.2. The molecule has 0 aliphatic heterocycles. The molecule has 63 heavy (non-hydrogen) atoms. The third-order valence-electron chi connectivity index (χ3n) is 9.24. The first kappa shape index (κ1) is 47.3. The van der Waals surface area contributed by atoms with Gasteiger partial charge in [0, 0.05) is 52.9 Å². The molecule has 1 N–H and O–H groups in total. The minimum atomic E-state index is -0.583. The molecule has 0 radical (unpaired) electrons. The van der Waals surface area contributed by atoms with Gasteiger partial charge in [0.15, 0.2) is 27.2 Å². The first-order valence-electron chi connectivity index (χ1n) is 20.0. The van der Waals surface area contributed by atoms with Gasteiger partial charge in [-0.25, -0.2) is 9.59 Å². The number of hydrogen-bond acceptors (Lipinski definition) is 14. The van der Waals surface area contributed by atoms with Gasteiger partial charge in [0.25, 0.3) is 0 Å². The summed E-state index contributed by atoms with van der Waals surface area (Å²) in [7, 11) is 10.1. The van der Waals surface area contributed by atoms with E-state index in [1.165, 1.54) is 0 Å². The molecule has 0 spiro atoms. The summed E-state index contributed by atoms with van der Waals surface area (Å²) in [6.07, 6.45) is -1.17. The molecule has 0 saturated carbocycles. The molecule has 0 heterocycles. The van der Waals surface area contributed by atoms with E-state index >= 15 is 0 Å². The Morgan fingerprint density at radius 2 is 0.778 bits per heavy atom. The Morgan fingerprint density at radius 1 is 0.444 bits per heavy atom. The largest absolute Gasteiger partial charge is 0.497 e. The number of ether oxygens (including phenoxy) is 10. The monoisotopic (exact) mass is 868 g/mol. The molecular weight excluding hydrogens is 813 g/mol. The Bertz CT molecular complexity index is 1950. The zero-order chi connectivity index (χ0) is 44.8. The van der Waals surface area contributed by atoms with Crippen molar-refractivity contribution in [3.8, 4) is 34.5 Å². The zero-order valence-corrected chi connectivity index (χ0v) is 36.6. The SMILES string of the molecule is COc1cccc(CN(Cc2cccc(OC)c2)C(=O)OCOCOc2cc(CNN(C)C)cc(OCOCOC(=O)N(Cc3cccc(OC)c3)Cc3cccc(OC)c3)c2)c1. The van der Waals surface area contributed by atoms with Crippen LogP contribution in [0.25, 0.3) is 0 Å². The lowest BCUT2D eigenvalue weighted by Crippen LogP contribution is -2.31. The Labute approximate surface area is 368 Å². The highest BCUT2D eigenvalue weighted by Crippen LogP contribution is 2.25. The van der Waals surface area contributed by atoms with E-state index < -0.39 is 12.2 Å². The minimum Gasteiger partial charge on any atom is -0.497 e. The van der Waals surface area contributed by atoms with Crippen LogP contribution in [0.15, 0.2) is 115 Å². The zero-order valence-electron chi connectivity index (χ0n) is 36.6. The predicted molar refractivity (Wildman–Crippen MR) is 233 cm³/mol. The van der Waals surface area contributed by atoms with Crippen LogP contribution in [0.5, 0.6) is 34.5 Å². The second-order valence-electron chi connectivity index (χ2n) is 14.1. The molecule has 0 fully saturated rings. The van der Waals surface area contributed by atoms with Gasteiger partial charge in [-0.15, -0.1) is 0 Å². The molecule has 5 aromatic carbocycles. The molecule has 0 saturated heterocycles. The van der Waals surface area contributed by atoms with Crippen LogP contribution in [-0.2, 0) is 51.7 Å². The normalized spacial score (nSPS) is 10.8. The molecular formula is C47H56N4O12. The molecule has 0 atom stereocenters. The van der Waals surface area contributed by atoms with Crippen molar-refractivity contribution in [2.75, 3.05) is 69.7 Å². The molecule has 16 heteroatoms. The smallest absolute Gasteiger partial charge is 0.412 e. The van der Waals surface area contributed by atoms with Crippen LogP contribution in [0.1, 0.15) is 27.8 Å². The van der Waals surface area contributed by atoms with Crippen LogP contribution in [0.3, 0.4) is 0 Å². The van der Waals surface area contributed by atoms with Crippen molar-refractivity contribution in [1.82, 2.24) is 20.2 Å². The number of rotatable bonds is 25. The number of hydrogen-bond donors (Lipinski definition) is 1. The van der Waals surface area contributed by atoms with Crippen molar-refractivity contribution in [2.45, 2.75) is 32.7 Å². The van der Waals surface area contributed by atoms with Gasteiger partial charge in [0.2, 0.25) is 0 Å². The summed E-state index contributed by atoms with van der Waals surface area (Å²) in [5, 5.41) is 1.82. The molecule has 0 bridgehead atoms. The highest BCUT2D eigenvalue weighted by atomic mass is 16.8. The van der Waals surface area contributed by atoms with Crippen molar-refractivity contribution < 1.29 is 57.0 Å². The van der Waals surface area contributed by atoms with E-state index in [2.05, 4.69) is 5.43 Å². The number of carbonyl (C=O) groups is 2. The average molecular weight is 869 g/mol. The maximum absolute atomic E-state index is 13.4. The lowest BCUT2D eigenvalue weighted by Gasteiger charge is -2.23. The standard InChI is InChI=1S/C47H56N4O12/c1-49(2)48-26-39-23-44(60-31-58-33-62-46(52)50(27-35-11-7-15-40(19-35)54-3)28-36-12-8-16-41(20-36)55-4)25-45(24-39)61-32-59-34-63-47(53)51(29-37-13-9-17-42(21-37)56-5)30-38-14-10-18-43(22-38)57-6/h7-25,48H,26-34H2,1-6H3. The van der Waals surface area contributed by atoms with Gasteiger partial charge in [-0.2, -0.15) is 0 Å². The Morgan fingerprint density at radius 3 is 1.10 bits per heavy atom. The maximum atomic E-state index is 13.4. The predicted octanol–water partition coefficient (Wildman–Crippen LogP) is 7.59. The van der Waals surface area contributed by atoms with Crippen LogP contribution in [0, 0.1) is 0 Å². The number of methoxy groups -OCH3 is 4. The quantitative estimate of drug-likeness (QED) is 0.0349. The van der Waals surface area contributed by atoms with E-state index in [0.717, 1.165) is 27.8 Å². The molecule has 0 aromatic heterocycles. The Hall–Kier alpha value is -6.72. The van der Waals surface area contributed by atoms with Crippen molar-refractivity contribution >= 4 is 12.2 Å². The fraction of sp³-hybridized carbons (Fsp3) is 0.319. The molecule has 0 unspecified atom stereocenters. The number of hydrazine groups is 1. The summed E-state index contributed by atoms with van der Waals surface area (Å²) in [4.78, 5) is 29.8. The van der Waals surface area contributed by atoms with Gasteiger partial charge in [-0.05, 0) is 88.5 Å². The Balaban J connectivity index is 1.13. The van der Waals surface area contributed by atoms with Gasteiger partial charge in [-0.1, -0.05) is 48.5 Å². The topological polar surface area (TPSA) is 148 Å². The first-order valence-corrected chi connectivity index (χ1v) is 20.0. The van der Waals surface area contributed by atoms with Gasteiger partial charge in [0.1, 0.15) is 34.5 Å². The molecule has 0 aliphatic carbocycles. The van der Waals surface area contributed by atoms with E-state index in [1.807, 2.05) is 128 Å². The van der Waals surface area contributed by atoms with Crippen molar-refractivity contribution in [1.29, 1.82) is 0 Å². The summed E-state index contributed by atoms with van der Waals surface area (Å²) in [5.74, 6) is 3.58. The van der Waals surface area contributed by atoms with Crippen LogP contribution < -0.4 is 33.8 Å². The molecule has 0 aliphatic rings. The van der Waals surface area contributed by atoms with Crippen molar-refractivity contribution in [3.05, 3.63) is 143 Å². The van der Waals surface area contributed by atoms with Gasteiger partial charge in [-0.3, -0.25) is 20.2 Å². The summed E-state index contributed by atoms with van der Waals surface area (Å²) in [6, 6.07) is 35.2. The second-order valence-corrected chi connectivity index (χ2v) is 14.1. The third-order valence-corrected chi connectivity index (χ3v) is 9.24.